The van der Waals surface area contributed by atoms with Crippen molar-refractivity contribution in [3.05, 3.63) is 0 Å². The van der Waals surface area contributed by atoms with Crippen molar-refractivity contribution in [1.82, 2.24) is 10.2 Å². The van der Waals surface area contributed by atoms with Gasteiger partial charge in [0, 0.05) is 19.3 Å². The summed E-state index contributed by atoms with van der Waals surface area (Å²) in [6, 6.07) is 0.715. The van der Waals surface area contributed by atoms with Crippen LogP contribution in [0.15, 0.2) is 0 Å². The third-order valence-electron chi connectivity index (χ3n) is 2.92. The SMILES string of the molecule is CN(C)CCCOCCC1CCCCN1. The summed E-state index contributed by atoms with van der Waals surface area (Å²) in [5.41, 5.74) is 0. The molecule has 0 radical (unpaired) electrons. The van der Waals surface area contributed by atoms with Crippen LogP contribution in [0.4, 0.5) is 0 Å². The normalized spacial score (nSPS) is 22.2. The molecule has 0 spiro atoms. The molecule has 3 nitrogen and oxygen atoms in total. The number of hydrogen-bond donors (Lipinski definition) is 1. The number of nitrogens with one attached hydrogen (secondary N) is 1. The third kappa shape index (κ3) is 6.88. The molecule has 15 heavy (non-hydrogen) atoms. The van der Waals surface area contributed by atoms with Gasteiger partial charge < -0.3 is 15.0 Å². The second-order valence-corrected chi connectivity index (χ2v) is 4.70. The standard InChI is InChI=1S/C12H26N2O/c1-14(2)9-5-10-15-11-7-12-6-3-4-8-13-12/h12-13H,3-11H2,1-2H3. The van der Waals surface area contributed by atoms with Gasteiger partial charge in [0.15, 0.2) is 0 Å². The van der Waals surface area contributed by atoms with Crippen LogP contribution in [0.25, 0.3) is 0 Å². The van der Waals surface area contributed by atoms with Crippen molar-refractivity contribution in [3.8, 4) is 0 Å². The van der Waals surface area contributed by atoms with E-state index in [0.29, 0.717) is 6.04 Å². The van der Waals surface area contributed by atoms with E-state index in [1.807, 2.05) is 0 Å². The van der Waals surface area contributed by atoms with Gasteiger partial charge in [-0.15, -0.1) is 0 Å². The summed E-state index contributed by atoms with van der Waals surface area (Å²) in [6.45, 7) is 4.16. The fourth-order valence-electron chi connectivity index (χ4n) is 1.98. The Kier molecular flexibility index (Phi) is 6.98. The molecule has 1 aliphatic rings. The van der Waals surface area contributed by atoms with Gasteiger partial charge in [-0.2, -0.15) is 0 Å². The molecule has 1 rings (SSSR count). The summed E-state index contributed by atoms with van der Waals surface area (Å²) >= 11 is 0. The Hall–Kier alpha value is -0.120. The second kappa shape index (κ2) is 8.08. The van der Waals surface area contributed by atoms with E-state index in [4.69, 9.17) is 4.74 Å². The topological polar surface area (TPSA) is 24.5 Å². The van der Waals surface area contributed by atoms with Gasteiger partial charge in [-0.3, -0.25) is 0 Å². The highest BCUT2D eigenvalue weighted by atomic mass is 16.5. The van der Waals surface area contributed by atoms with E-state index in [-0.39, 0.29) is 0 Å². The maximum atomic E-state index is 5.62. The summed E-state index contributed by atoms with van der Waals surface area (Å²) in [6.07, 6.45) is 6.40. The van der Waals surface area contributed by atoms with E-state index in [9.17, 15) is 0 Å². The zero-order chi connectivity index (χ0) is 10.9. The lowest BCUT2D eigenvalue weighted by atomic mass is 10.0. The molecule has 1 fully saturated rings. The van der Waals surface area contributed by atoms with Gasteiger partial charge in [0.05, 0.1) is 0 Å². The van der Waals surface area contributed by atoms with E-state index in [1.54, 1.807) is 0 Å². The molecule has 0 aliphatic carbocycles. The number of nitrogens with zero attached hydrogens (tertiary/aromatic N) is 1. The molecule has 1 aliphatic heterocycles. The Bertz CT molecular complexity index is 145. The van der Waals surface area contributed by atoms with Gasteiger partial charge >= 0.3 is 0 Å². The maximum Gasteiger partial charge on any atom is 0.0480 e. The number of hydrogen-bond acceptors (Lipinski definition) is 3. The summed E-state index contributed by atoms with van der Waals surface area (Å²) < 4.78 is 5.62. The molecule has 0 aromatic heterocycles. The van der Waals surface area contributed by atoms with Crippen molar-refractivity contribution < 1.29 is 4.74 Å². The summed E-state index contributed by atoms with van der Waals surface area (Å²) in [4.78, 5) is 2.20. The van der Waals surface area contributed by atoms with Crippen LogP contribution in [-0.4, -0.2) is 51.3 Å². The molecule has 1 unspecified atom stereocenters. The smallest absolute Gasteiger partial charge is 0.0480 e. The molecular formula is C12H26N2O. The monoisotopic (exact) mass is 214 g/mol. The highest BCUT2D eigenvalue weighted by Crippen LogP contribution is 2.09. The van der Waals surface area contributed by atoms with E-state index < -0.39 is 0 Å². The van der Waals surface area contributed by atoms with Crippen molar-refractivity contribution in [2.75, 3.05) is 40.4 Å². The van der Waals surface area contributed by atoms with Gasteiger partial charge in [0.2, 0.25) is 0 Å². The Morgan fingerprint density at radius 3 is 2.80 bits per heavy atom. The zero-order valence-corrected chi connectivity index (χ0v) is 10.3. The van der Waals surface area contributed by atoms with Crippen molar-refractivity contribution in [3.63, 3.8) is 0 Å². The largest absolute Gasteiger partial charge is 0.381 e. The minimum absolute atomic E-state index is 0.715. The zero-order valence-electron chi connectivity index (χ0n) is 10.3. The molecule has 3 heteroatoms. The Balaban J connectivity index is 1.83. The lowest BCUT2D eigenvalue weighted by molar-refractivity contribution is 0.114. The molecule has 1 heterocycles. The first-order chi connectivity index (χ1) is 7.29. The highest BCUT2D eigenvalue weighted by molar-refractivity contribution is 4.71. The van der Waals surface area contributed by atoms with Crippen LogP contribution >= 0.6 is 0 Å². The van der Waals surface area contributed by atoms with Crippen LogP contribution < -0.4 is 5.32 Å². The van der Waals surface area contributed by atoms with E-state index in [2.05, 4.69) is 24.3 Å². The lowest BCUT2D eigenvalue weighted by Gasteiger charge is -2.23. The molecule has 0 aromatic carbocycles. The Morgan fingerprint density at radius 2 is 2.13 bits per heavy atom. The maximum absolute atomic E-state index is 5.62. The first-order valence-corrected chi connectivity index (χ1v) is 6.25. The van der Waals surface area contributed by atoms with Crippen molar-refractivity contribution >= 4 is 0 Å². The molecular weight excluding hydrogens is 188 g/mol. The van der Waals surface area contributed by atoms with Crippen LogP contribution in [0.3, 0.4) is 0 Å². The quantitative estimate of drug-likeness (QED) is 0.650. The summed E-state index contributed by atoms with van der Waals surface area (Å²) in [7, 11) is 4.21. The Morgan fingerprint density at radius 1 is 1.27 bits per heavy atom. The summed E-state index contributed by atoms with van der Waals surface area (Å²) in [5, 5.41) is 3.54. The van der Waals surface area contributed by atoms with Gasteiger partial charge in [-0.05, 0) is 52.9 Å². The van der Waals surface area contributed by atoms with Crippen molar-refractivity contribution in [2.45, 2.75) is 38.1 Å². The van der Waals surface area contributed by atoms with Gasteiger partial charge in [-0.25, -0.2) is 0 Å². The minimum Gasteiger partial charge on any atom is -0.381 e. The predicted molar refractivity (Wildman–Crippen MR) is 64.2 cm³/mol. The van der Waals surface area contributed by atoms with E-state index in [1.165, 1.54) is 32.2 Å². The molecule has 1 N–H and O–H groups in total. The van der Waals surface area contributed by atoms with Crippen molar-refractivity contribution in [2.24, 2.45) is 0 Å². The highest BCUT2D eigenvalue weighted by Gasteiger charge is 2.11. The van der Waals surface area contributed by atoms with E-state index >= 15 is 0 Å². The molecule has 0 amide bonds. The first kappa shape index (κ1) is 12.9. The molecule has 90 valence electrons. The predicted octanol–water partition coefficient (Wildman–Crippen LogP) is 1.49. The van der Waals surface area contributed by atoms with Crippen LogP contribution in [0.5, 0.6) is 0 Å². The molecule has 1 atom stereocenters. The fourth-order valence-corrected chi connectivity index (χ4v) is 1.98. The van der Waals surface area contributed by atoms with Gasteiger partial charge in [0.25, 0.3) is 0 Å². The number of ether oxygens (including phenoxy) is 1. The van der Waals surface area contributed by atoms with Crippen LogP contribution in [-0.2, 0) is 4.74 Å². The Labute approximate surface area is 94.2 Å². The first-order valence-electron chi connectivity index (χ1n) is 6.25. The van der Waals surface area contributed by atoms with Crippen LogP contribution in [0.2, 0.25) is 0 Å². The molecule has 0 saturated carbocycles. The second-order valence-electron chi connectivity index (χ2n) is 4.70. The van der Waals surface area contributed by atoms with Crippen molar-refractivity contribution in [1.29, 1.82) is 0 Å². The third-order valence-corrected chi connectivity index (χ3v) is 2.92. The van der Waals surface area contributed by atoms with Crippen LogP contribution in [0, 0.1) is 0 Å². The lowest BCUT2D eigenvalue weighted by Crippen LogP contribution is -2.34. The number of piperidine rings is 1. The van der Waals surface area contributed by atoms with Gasteiger partial charge in [-0.1, -0.05) is 6.42 Å². The molecule has 0 aromatic rings. The molecule has 1 saturated heterocycles. The minimum atomic E-state index is 0.715. The molecule has 0 bridgehead atoms. The van der Waals surface area contributed by atoms with E-state index in [0.717, 1.165) is 26.2 Å². The average Bonchev–Trinajstić information content (AvgIpc) is 2.24. The van der Waals surface area contributed by atoms with Gasteiger partial charge in [0.1, 0.15) is 0 Å². The summed E-state index contributed by atoms with van der Waals surface area (Å²) in [5.74, 6) is 0. The number of rotatable bonds is 7. The fraction of sp³-hybridized carbons (Fsp3) is 1.00. The van der Waals surface area contributed by atoms with Crippen LogP contribution in [0.1, 0.15) is 32.1 Å². The average molecular weight is 214 g/mol.